The minimum atomic E-state index is 0.247. The SMILES string of the molecule is CCC1CCCC(C(NN)C2=CCCO2)C1. The van der Waals surface area contributed by atoms with E-state index in [0.717, 1.165) is 24.7 Å². The van der Waals surface area contributed by atoms with Crippen molar-refractivity contribution in [3.05, 3.63) is 11.8 Å². The van der Waals surface area contributed by atoms with Crippen LogP contribution in [0.25, 0.3) is 0 Å². The molecule has 3 atom stereocenters. The number of rotatable bonds is 4. The number of nitrogens with two attached hydrogens (primary N) is 1. The van der Waals surface area contributed by atoms with Crippen LogP contribution < -0.4 is 11.3 Å². The van der Waals surface area contributed by atoms with E-state index in [-0.39, 0.29) is 6.04 Å². The van der Waals surface area contributed by atoms with Crippen molar-refractivity contribution in [2.75, 3.05) is 6.61 Å². The van der Waals surface area contributed by atoms with Crippen molar-refractivity contribution in [2.24, 2.45) is 17.7 Å². The van der Waals surface area contributed by atoms with Crippen LogP contribution >= 0.6 is 0 Å². The second-order valence-electron chi connectivity index (χ2n) is 5.09. The summed E-state index contributed by atoms with van der Waals surface area (Å²) in [7, 11) is 0. The molecule has 3 nitrogen and oxygen atoms in total. The van der Waals surface area contributed by atoms with E-state index in [1.165, 1.54) is 32.1 Å². The summed E-state index contributed by atoms with van der Waals surface area (Å²) >= 11 is 0. The number of nitrogens with one attached hydrogen (secondary N) is 1. The topological polar surface area (TPSA) is 47.3 Å². The van der Waals surface area contributed by atoms with Gasteiger partial charge >= 0.3 is 0 Å². The number of hydrogen-bond donors (Lipinski definition) is 2. The van der Waals surface area contributed by atoms with Crippen molar-refractivity contribution in [1.29, 1.82) is 0 Å². The van der Waals surface area contributed by atoms with E-state index in [2.05, 4.69) is 18.4 Å². The Hall–Kier alpha value is -0.540. The maximum Gasteiger partial charge on any atom is 0.111 e. The summed E-state index contributed by atoms with van der Waals surface area (Å²) in [6, 6.07) is 0.247. The first-order chi connectivity index (χ1) is 7.85. The minimum Gasteiger partial charge on any atom is -0.496 e. The zero-order valence-electron chi connectivity index (χ0n) is 10.2. The highest BCUT2D eigenvalue weighted by atomic mass is 16.5. The van der Waals surface area contributed by atoms with E-state index >= 15 is 0 Å². The Morgan fingerprint density at radius 1 is 1.56 bits per heavy atom. The smallest absolute Gasteiger partial charge is 0.111 e. The fraction of sp³-hybridized carbons (Fsp3) is 0.846. The van der Waals surface area contributed by atoms with Crippen LogP contribution in [0.1, 0.15) is 45.4 Å². The molecule has 0 aromatic carbocycles. The summed E-state index contributed by atoms with van der Waals surface area (Å²) in [5.41, 5.74) is 2.97. The van der Waals surface area contributed by atoms with Crippen LogP contribution in [0.3, 0.4) is 0 Å². The van der Waals surface area contributed by atoms with Crippen LogP contribution in [0.15, 0.2) is 11.8 Å². The molecule has 0 radical (unpaired) electrons. The Morgan fingerprint density at radius 3 is 3.06 bits per heavy atom. The van der Waals surface area contributed by atoms with E-state index < -0.39 is 0 Å². The van der Waals surface area contributed by atoms with Crippen molar-refractivity contribution in [3.63, 3.8) is 0 Å². The average molecular weight is 224 g/mol. The highest BCUT2D eigenvalue weighted by molar-refractivity contribution is 5.09. The molecule has 0 spiro atoms. The van der Waals surface area contributed by atoms with Gasteiger partial charge in [0.1, 0.15) is 5.76 Å². The third-order valence-corrected chi connectivity index (χ3v) is 4.09. The summed E-state index contributed by atoms with van der Waals surface area (Å²) in [6.45, 7) is 3.13. The fourth-order valence-corrected chi connectivity index (χ4v) is 3.11. The molecule has 3 heteroatoms. The molecular weight excluding hydrogens is 200 g/mol. The Morgan fingerprint density at radius 2 is 2.44 bits per heavy atom. The zero-order chi connectivity index (χ0) is 11.4. The lowest BCUT2D eigenvalue weighted by molar-refractivity contribution is 0.157. The molecule has 1 saturated carbocycles. The summed E-state index contributed by atoms with van der Waals surface area (Å²) in [4.78, 5) is 0. The van der Waals surface area contributed by atoms with Crippen LogP contribution in [0.4, 0.5) is 0 Å². The molecule has 1 aliphatic carbocycles. The Kier molecular flexibility index (Phi) is 4.24. The monoisotopic (exact) mass is 224 g/mol. The lowest BCUT2D eigenvalue weighted by atomic mass is 9.76. The van der Waals surface area contributed by atoms with E-state index in [1.807, 2.05) is 0 Å². The van der Waals surface area contributed by atoms with Crippen molar-refractivity contribution in [3.8, 4) is 0 Å². The zero-order valence-corrected chi connectivity index (χ0v) is 10.2. The van der Waals surface area contributed by atoms with Gasteiger partial charge in [0, 0.05) is 6.42 Å². The maximum absolute atomic E-state index is 5.70. The number of ether oxygens (including phenoxy) is 1. The minimum absolute atomic E-state index is 0.247. The van der Waals surface area contributed by atoms with E-state index in [4.69, 9.17) is 10.6 Å². The van der Waals surface area contributed by atoms with Gasteiger partial charge in [-0.15, -0.1) is 0 Å². The van der Waals surface area contributed by atoms with Gasteiger partial charge in [-0.3, -0.25) is 5.84 Å². The van der Waals surface area contributed by atoms with Gasteiger partial charge in [-0.25, -0.2) is 5.43 Å². The second kappa shape index (κ2) is 5.69. The lowest BCUT2D eigenvalue weighted by Gasteiger charge is -2.34. The summed E-state index contributed by atoms with van der Waals surface area (Å²) < 4.78 is 5.65. The van der Waals surface area contributed by atoms with Crippen LogP contribution in [0.5, 0.6) is 0 Å². The van der Waals surface area contributed by atoms with Gasteiger partial charge in [-0.05, 0) is 30.8 Å². The van der Waals surface area contributed by atoms with Gasteiger partial charge < -0.3 is 4.74 Å². The van der Waals surface area contributed by atoms with Gasteiger partial charge in [0.25, 0.3) is 0 Å². The van der Waals surface area contributed by atoms with Crippen molar-refractivity contribution < 1.29 is 4.74 Å². The third kappa shape index (κ3) is 2.58. The first kappa shape index (κ1) is 11.9. The third-order valence-electron chi connectivity index (χ3n) is 4.09. The highest BCUT2D eigenvalue weighted by Crippen LogP contribution is 2.35. The molecule has 0 bridgehead atoms. The summed E-state index contributed by atoms with van der Waals surface area (Å²) in [6.07, 6.45) is 9.85. The number of hydrogen-bond acceptors (Lipinski definition) is 3. The van der Waals surface area contributed by atoms with Crippen molar-refractivity contribution in [2.45, 2.75) is 51.5 Å². The predicted octanol–water partition coefficient (Wildman–Crippen LogP) is 2.34. The fourth-order valence-electron chi connectivity index (χ4n) is 3.11. The molecule has 0 amide bonds. The molecule has 92 valence electrons. The highest BCUT2D eigenvalue weighted by Gasteiger charge is 2.31. The van der Waals surface area contributed by atoms with Crippen LogP contribution in [0, 0.1) is 11.8 Å². The van der Waals surface area contributed by atoms with Gasteiger partial charge in [0.2, 0.25) is 0 Å². The lowest BCUT2D eigenvalue weighted by Crippen LogP contribution is -2.44. The quantitative estimate of drug-likeness (QED) is 0.569. The van der Waals surface area contributed by atoms with E-state index in [0.29, 0.717) is 5.92 Å². The van der Waals surface area contributed by atoms with Gasteiger partial charge in [0.15, 0.2) is 0 Å². The van der Waals surface area contributed by atoms with Crippen molar-refractivity contribution in [1.82, 2.24) is 5.43 Å². The average Bonchev–Trinajstić information content (AvgIpc) is 2.84. The molecule has 16 heavy (non-hydrogen) atoms. The molecule has 1 aliphatic heterocycles. The molecule has 0 saturated heterocycles. The molecule has 2 aliphatic rings. The molecule has 0 aromatic rings. The molecule has 1 heterocycles. The molecule has 2 rings (SSSR count). The summed E-state index contributed by atoms with van der Waals surface area (Å²) in [5.74, 6) is 8.33. The number of hydrazine groups is 1. The normalized spacial score (nSPS) is 32.0. The molecular formula is C13H24N2O. The maximum atomic E-state index is 5.70. The van der Waals surface area contributed by atoms with Crippen LogP contribution in [0.2, 0.25) is 0 Å². The largest absolute Gasteiger partial charge is 0.496 e. The van der Waals surface area contributed by atoms with Gasteiger partial charge in [-0.2, -0.15) is 0 Å². The standard InChI is InChI=1S/C13H24N2O/c1-2-10-5-3-6-11(9-10)13(15-14)12-7-4-8-16-12/h7,10-11,13,15H,2-6,8-9,14H2,1H3. The van der Waals surface area contributed by atoms with Gasteiger partial charge in [-0.1, -0.05) is 26.2 Å². The van der Waals surface area contributed by atoms with E-state index in [1.54, 1.807) is 0 Å². The predicted molar refractivity (Wildman–Crippen MR) is 65.5 cm³/mol. The van der Waals surface area contributed by atoms with Crippen LogP contribution in [-0.2, 0) is 4.74 Å². The molecule has 1 fully saturated rings. The second-order valence-corrected chi connectivity index (χ2v) is 5.09. The van der Waals surface area contributed by atoms with E-state index in [9.17, 15) is 0 Å². The van der Waals surface area contributed by atoms with Crippen molar-refractivity contribution >= 4 is 0 Å². The Balaban J connectivity index is 1.97. The van der Waals surface area contributed by atoms with Crippen LogP contribution in [-0.4, -0.2) is 12.6 Å². The van der Waals surface area contributed by atoms with Gasteiger partial charge in [0.05, 0.1) is 12.6 Å². The molecule has 3 N–H and O–H groups in total. The first-order valence-electron chi connectivity index (χ1n) is 6.64. The molecule has 0 aromatic heterocycles. The summed E-state index contributed by atoms with van der Waals surface area (Å²) in [5, 5.41) is 0. The Labute approximate surface area is 98.4 Å². The first-order valence-corrected chi connectivity index (χ1v) is 6.64. The Bertz CT molecular complexity index is 252. The molecule has 3 unspecified atom stereocenters.